The van der Waals surface area contributed by atoms with E-state index in [9.17, 15) is 9.59 Å². The maximum absolute atomic E-state index is 12.5. The quantitative estimate of drug-likeness (QED) is 0.179. The van der Waals surface area contributed by atoms with Gasteiger partial charge in [-0.15, -0.1) is 0 Å². The maximum Gasteiger partial charge on any atom is 0.309 e. The van der Waals surface area contributed by atoms with Crippen molar-refractivity contribution < 1.29 is 19.1 Å². The Hall–Kier alpha value is -1.58. The molecule has 0 heterocycles. The van der Waals surface area contributed by atoms with Crippen LogP contribution < -0.4 is 0 Å². The van der Waals surface area contributed by atoms with Crippen LogP contribution in [0, 0.1) is 17.8 Å². The van der Waals surface area contributed by atoms with E-state index < -0.39 is 0 Å². The van der Waals surface area contributed by atoms with E-state index in [2.05, 4.69) is 31.2 Å². The number of allylic oxidation sites excluding steroid dienone is 4. The summed E-state index contributed by atoms with van der Waals surface area (Å²) in [6, 6.07) is 0. The van der Waals surface area contributed by atoms with Gasteiger partial charge in [-0.3, -0.25) is 9.59 Å². The first-order valence-corrected chi connectivity index (χ1v) is 11.8. The molecular weight excluding hydrogens is 364 g/mol. The van der Waals surface area contributed by atoms with Crippen LogP contribution in [0.5, 0.6) is 0 Å². The highest BCUT2D eigenvalue weighted by Crippen LogP contribution is 2.33. The van der Waals surface area contributed by atoms with Crippen molar-refractivity contribution in [3.8, 4) is 0 Å². The Bertz CT molecular complexity index is 509. The number of hydrogen-bond donors (Lipinski definition) is 0. The molecule has 166 valence electrons. The number of rotatable bonds is 15. The van der Waals surface area contributed by atoms with Gasteiger partial charge in [-0.1, -0.05) is 69.8 Å². The standard InChI is InChI=1S/C25H42O4/c1-4-7-8-13-16-22-19-18-21(20-23(22)25(27)29-6-3)15-12-10-9-11-14-17-24(26)28-5-2/h13,16,18-19,21-23H,4-12,14-15,17,20H2,1-3H3/b16-13+. The van der Waals surface area contributed by atoms with Gasteiger partial charge in [0.2, 0.25) is 0 Å². The van der Waals surface area contributed by atoms with Gasteiger partial charge in [-0.2, -0.15) is 0 Å². The number of carbonyl (C=O) groups excluding carboxylic acids is 2. The number of hydrogen-bond acceptors (Lipinski definition) is 4. The molecule has 0 saturated carbocycles. The highest BCUT2D eigenvalue weighted by molar-refractivity contribution is 5.73. The third kappa shape index (κ3) is 11.3. The fourth-order valence-electron chi connectivity index (χ4n) is 3.91. The smallest absolute Gasteiger partial charge is 0.309 e. The summed E-state index contributed by atoms with van der Waals surface area (Å²) >= 11 is 0. The molecular formula is C25H42O4. The van der Waals surface area contributed by atoms with Crippen LogP contribution in [0.3, 0.4) is 0 Å². The molecule has 29 heavy (non-hydrogen) atoms. The van der Waals surface area contributed by atoms with E-state index in [1.165, 1.54) is 25.7 Å². The van der Waals surface area contributed by atoms with Gasteiger partial charge < -0.3 is 9.47 Å². The summed E-state index contributed by atoms with van der Waals surface area (Å²) < 4.78 is 10.3. The molecule has 1 aliphatic carbocycles. The van der Waals surface area contributed by atoms with Crippen LogP contribution >= 0.6 is 0 Å². The lowest BCUT2D eigenvalue weighted by atomic mass is 9.77. The lowest BCUT2D eigenvalue weighted by molar-refractivity contribution is -0.149. The summed E-state index contributed by atoms with van der Waals surface area (Å²) in [7, 11) is 0. The molecule has 1 aliphatic rings. The van der Waals surface area contributed by atoms with Gasteiger partial charge in [0, 0.05) is 12.3 Å². The van der Waals surface area contributed by atoms with Gasteiger partial charge in [0.05, 0.1) is 19.1 Å². The zero-order valence-corrected chi connectivity index (χ0v) is 18.9. The van der Waals surface area contributed by atoms with E-state index in [0.717, 1.165) is 38.5 Å². The molecule has 3 atom stereocenters. The molecule has 0 aliphatic heterocycles. The predicted octanol–water partition coefficient (Wildman–Crippen LogP) is 6.40. The van der Waals surface area contributed by atoms with E-state index in [1.54, 1.807) is 0 Å². The third-order valence-electron chi connectivity index (χ3n) is 5.56. The Morgan fingerprint density at radius 3 is 2.38 bits per heavy atom. The Morgan fingerprint density at radius 1 is 0.931 bits per heavy atom. The maximum atomic E-state index is 12.5. The predicted molar refractivity (Wildman–Crippen MR) is 118 cm³/mol. The summed E-state index contributed by atoms with van der Waals surface area (Å²) in [5.41, 5.74) is 0. The van der Waals surface area contributed by atoms with E-state index in [-0.39, 0.29) is 23.8 Å². The number of unbranched alkanes of at least 4 members (excludes halogenated alkanes) is 6. The minimum atomic E-state index is -0.0804. The van der Waals surface area contributed by atoms with Crippen LogP contribution in [-0.4, -0.2) is 25.2 Å². The molecule has 0 spiro atoms. The Labute approximate surface area is 178 Å². The van der Waals surface area contributed by atoms with Crippen molar-refractivity contribution in [2.45, 2.75) is 91.4 Å². The SMILES string of the molecule is CCCC/C=C/C1C=CC(CCCCCCCC(=O)OCC)CC1C(=O)OCC. The monoisotopic (exact) mass is 406 g/mol. The van der Waals surface area contributed by atoms with Crippen LogP contribution in [0.1, 0.15) is 91.4 Å². The average molecular weight is 407 g/mol. The second-order valence-corrected chi connectivity index (χ2v) is 8.00. The summed E-state index contributed by atoms with van der Waals surface area (Å²) in [6.07, 6.45) is 20.5. The molecule has 0 amide bonds. The van der Waals surface area contributed by atoms with Crippen LogP contribution in [0.2, 0.25) is 0 Å². The molecule has 0 saturated heterocycles. The van der Waals surface area contributed by atoms with Crippen molar-refractivity contribution >= 4 is 11.9 Å². The molecule has 1 rings (SSSR count). The van der Waals surface area contributed by atoms with Gasteiger partial charge in [0.15, 0.2) is 0 Å². The molecule has 0 N–H and O–H groups in total. The fraction of sp³-hybridized carbons (Fsp3) is 0.760. The number of ether oxygens (including phenoxy) is 2. The van der Waals surface area contributed by atoms with Gasteiger partial charge in [-0.05, 0) is 45.4 Å². The van der Waals surface area contributed by atoms with Crippen molar-refractivity contribution in [2.24, 2.45) is 17.8 Å². The van der Waals surface area contributed by atoms with Crippen molar-refractivity contribution in [1.82, 2.24) is 0 Å². The largest absolute Gasteiger partial charge is 0.466 e. The summed E-state index contributed by atoms with van der Waals surface area (Å²) in [4.78, 5) is 23.8. The molecule has 0 aromatic carbocycles. The first-order valence-electron chi connectivity index (χ1n) is 11.8. The Morgan fingerprint density at radius 2 is 1.66 bits per heavy atom. The van der Waals surface area contributed by atoms with E-state index in [1.807, 2.05) is 13.8 Å². The summed E-state index contributed by atoms with van der Waals surface area (Å²) in [5.74, 6) is 0.454. The lowest BCUT2D eigenvalue weighted by Gasteiger charge is -2.29. The highest BCUT2D eigenvalue weighted by atomic mass is 16.5. The van der Waals surface area contributed by atoms with Crippen molar-refractivity contribution in [3.63, 3.8) is 0 Å². The second kappa shape index (κ2) is 16.2. The van der Waals surface area contributed by atoms with Gasteiger partial charge in [-0.25, -0.2) is 0 Å². The zero-order valence-electron chi connectivity index (χ0n) is 18.9. The second-order valence-electron chi connectivity index (χ2n) is 8.00. The molecule has 4 heteroatoms. The molecule has 3 unspecified atom stereocenters. The van der Waals surface area contributed by atoms with E-state index in [0.29, 0.717) is 25.6 Å². The number of esters is 2. The summed E-state index contributed by atoms with van der Waals surface area (Å²) in [6.45, 7) is 6.83. The zero-order chi connectivity index (χ0) is 21.3. The molecule has 0 aromatic rings. The average Bonchev–Trinajstić information content (AvgIpc) is 2.71. The van der Waals surface area contributed by atoms with Gasteiger partial charge in [0.25, 0.3) is 0 Å². The normalized spacial score (nSPS) is 21.4. The summed E-state index contributed by atoms with van der Waals surface area (Å²) in [5, 5.41) is 0. The number of carbonyl (C=O) groups is 2. The van der Waals surface area contributed by atoms with Crippen LogP contribution in [-0.2, 0) is 19.1 Å². The van der Waals surface area contributed by atoms with E-state index >= 15 is 0 Å². The van der Waals surface area contributed by atoms with Crippen molar-refractivity contribution in [2.75, 3.05) is 13.2 Å². The Kier molecular flexibility index (Phi) is 14.3. The van der Waals surface area contributed by atoms with Crippen molar-refractivity contribution in [1.29, 1.82) is 0 Å². The van der Waals surface area contributed by atoms with Crippen molar-refractivity contribution in [3.05, 3.63) is 24.3 Å². The molecule has 0 fully saturated rings. The van der Waals surface area contributed by atoms with Crippen LogP contribution in [0.4, 0.5) is 0 Å². The third-order valence-corrected chi connectivity index (χ3v) is 5.56. The first-order chi connectivity index (χ1) is 14.1. The van der Waals surface area contributed by atoms with Crippen LogP contribution in [0.25, 0.3) is 0 Å². The van der Waals surface area contributed by atoms with Gasteiger partial charge in [0.1, 0.15) is 0 Å². The van der Waals surface area contributed by atoms with Gasteiger partial charge >= 0.3 is 11.9 Å². The fourth-order valence-corrected chi connectivity index (χ4v) is 3.91. The molecule has 0 radical (unpaired) electrons. The Balaban J connectivity index is 2.36. The lowest BCUT2D eigenvalue weighted by Crippen LogP contribution is -2.29. The minimum absolute atomic E-state index is 0.0487. The first kappa shape index (κ1) is 25.5. The van der Waals surface area contributed by atoms with Crippen LogP contribution in [0.15, 0.2) is 24.3 Å². The van der Waals surface area contributed by atoms with E-state index in [4.69, 9.17) is 9.47 Å². The molecule has 4 nitrogen and oxygen atoms in total. The molecule has 0 aromatic heterocycles. The molecule has 0 bridgehead atoms. The minimum Gasteiger partial charge on any atom is -0.466 e. The topological polar surface area (TPSA) is 52.6 Å². The highest BCUT2D eigenvalue weighted by Gasteiger charge is 2.31.